The van der Waals surface area contributed by atoms with Crippen LogP contribution in [-0.4, -0.2) is 291 Å². The molecule has 3 aromatic rings. The molecular weight excluding hydrogens is 1780 g/mol. The van der Waals surface area contributed by atoms with Crippen LogP contribution in [0.4, 0.5) is 9.59 Å². The number of benzene rings is 3. The summed E-state index contributed by atoms with van der Waals surface area (Å²) in [5.74, 6) is -8.20. The van der Waals surface area contributed by atoms with Gasteiger partial charge in [-0.15, -0.1) is 5.06 Å². The monoisotopic (exact) mass is 1910 g/mol. The predicted molar refractivity (Wildman–Crippen MR) is 472 cm³/mol. The SMILES string of the molecule is C.CN1CC[C@]23c4c5ccc(O)c4O[C@H]2C(OC(=O)C[C@H](N)C(=O)OC(C)(C)C)=CC[C@@]3(O)[C@H]1C5.C[C@H](O)C(=O)N[C@@H](CC(=O)OC1=CC[C@@]2(O)[C@H]3Cc4ccc(O)c5c4[C@@]2(CCN3C)[C@H]1O5)C(=O)O.C[C@H](OC(=O)OC(C)(C)C)C(=O)N[C@@H](CC(=O)OC1=CC[C@@]2(O)[C@H]3Cc4ccc(O)c5c4[C@@]2(CCN3C)[C@H]1O5)C(=O)OC(C)(C)C.C[C@H](OC(=O)OC(C)(C)C)C(=O)ON1C(=O)CCC1=O. The number of likely N-dealkylation sites (tertiary alicyclic amines) is 3. The second-order valence-corrected chi connectivity index (χ2v) is 40.6. The lowest BCUT2D eigenvalue weighted by Crippen LogP contribution is -2.74. The number of rotatable bonds is 20. The number of piperidine rings is 3. The van der Waals surface area contributed by atoms with E-state index < -0.39 is 201 Å². The highest BCUT2D eigenvalue weighted by Gasteiger charge is 2.76. The maximum Gasteiger partial charge on any atom is 0.509 e. The zero-order valence-electron chi connectivity index (χ0n) is 78.7. The number of aliphatic hydroxyl groups excluding tert-OH is 1. The number of imide groups is 1. The third-order valence-corrected chi connectivity index (χ3v) is 26.8. The van der Waals surface area contributed by atoms with Crippen LogP contribution in [-0.2, 0) is 136 Å². The molecule has 7 aliphatic heterocycles. The van der Waals surface area contributed by atoms with Crippen molar-refractivity contribution >= 4 is 77.7 Å². The number of phenolic OH excluding ortho intramolecular Hbond substituents is 3. The Balaban J connectivity index is 0.000000168. The Kier molecular flexibility index (Phi) is 28.6. The van der Waals surface area contributed by atoms with Crippen LogP contribution in [0.5, 0.6) is 34.5 Å². The van der Waals surface area contributed by atoms with Crippen molar-refractivity contribution in [1.29, 1.82) is 0 Å². The molecule has 3 spiro atoms. The average molecular weight is 1910 g/mol. The molecule has 7 heterocycles. The van der Waals surface area contributed by atoms with E-state index in [4.69, 9.17) is 57.8 Å². The zero-order chi connectivity index (χ0) is 99.4. The van der Waals surface area contributed by atoms with Crippen molar-refractivity contribution < 1.29 is 165 Å². The van der Waals surface area contributed by atoms with Gasteiger partial charge in [-0.1, -0.05) is 25.6 Å². The van der Waals surface area contributed by atoms with Crippen molar-refractivity contribution in [2.24, 2.45) is 5.73 Å². The Morgan fingerprint density at radius 1 is 0.471 bits per heavy atom. The highest BCUT2D eigenvalue weighted by Crippen LogP contribution is 2.69. The first kappa shape index (κ1) is 103. The molecule has 6 aliphatic carbocycles. The Morgan fingerprint density at radius 2 is 0.794 bits per heavy atom. The van der Waals surface area contributed by atoms with E-state index in [1.807, 2.05) is 39.3 Å². The van der Waals surface area contributed by atoms with Gasteiger partial charge in [0.15, 0.2) is 58.9 Å². The summed E-state index contributed by atoms with van der Waals surface area (Å²) in [7, 11) is 5.93. The first-order chi connectivity index (χ1) is 62.7. The van der Waals surface area contributed by atoms with E-state index in [1.54, 1.807) is 120 Å². The number of carboxylic acids is 1. The molecule has 0 radical (unpaired) electrons. The second-order valence-electron chi connectivity index (χ2n) is 40.6. The van der Waals surface area contributed by atoms with Gasteiger partial charge in [-0.3, -0.25) is 38.4 Å². The fourth-order valence-electron chi connectivity index (χ4n) is 20.9. The topological polar surface area (TPSA) is 567 Å². The van der Waals surface area contributed by atoms with Crippen LogP contribution in [0, 0.1) is 0 Å². The number of carbonyl (C=O) groups is 13. The normalized spacial score (nSPS) is 28.1. The number of esters is 5. The number of hydrogen-bond donors (Lipinski definition) is 11. The van der Waals surface area contributed by atoms with Gasteiger partial charge in [-0.05, 0) is 236 Å². The third-order valence-electron chi connectivity index (χ3n) is 26.8. The largest absolute Gasteiger partial charge is 0.509 e. The number of hydroxylamine groups is 2. The van der Waals surface area contributed by atoms with Crippen LogP contribution in [0.15, 0.2) is 71.9 Å². The van der Waals surface area contributed by atoms with Gasteiger partial charge in [-0.2, -0.15) is 0 Å². The average Bonchev–Trinajstić information content (AvgIpc) is 1.48. The number of nitrogens with two attached hydrogens (primary N) is 1. The first-order valence-electron chi connectivity index (χ1n) is 44.9. The highest BCUT2D eigenvalue weighted by atomic mass is 16.8. The second kappa shape index (κ2) is 37.6. The molecule has 16 rings (SSSR count). The smallest absolute Gasteiger partial charge is 0.504 e. The van der Waals surface area contributed by atoms with Crippen molar-refractivity contribution in [3.63, 3.8) is 0 Å². The van der Waals surface area contributed by atoms with E-state index >= 15 is 0 Å². The van der Waals surface area contributed by atoms with Crippen molar-refractivity contribution in [3.05, 3.63) is 105 Å². The van der Waals surface area contributed by atoms with Crippen LogP contribution in [0.3, 0.4) is 0 Å². The summed E-state index contributed by atoms with van der Waals surface area (Å²) in [6, 6.07) is 5.50. The molecule has 4 fully saturated rings. The number of amides is 4. The van der Waals surface area contributed by atoms with Crippen molar-refractivity contribution in [2.75, 3.05) is 40.8 Å². The number of nitrogens with zero attached hydrogens (tertiary/aromatic N) is 4. The third kappa shape index (κ3) is 19.3. The molecule has 12 N–H and O–H groups in total. The molecule has 3 aromatic carbocycles. The molecule has 0 unspecified atom stereocenters. The van der Waals surface area contributed by atoms with E-state index in [1.165, 1.54) is 20.8 Å². The molecular formula is C95H125N7O34. The summed E-state index contributed by atoms with van der Waals surface area (Å²) in [4.78, 5) is 169. The number of aromatic hydroxyl groups is 3. The zero-order valence-corrected chi connectivity index (χ0v) is 78.7. The summed E-state index contributed by atoms with van der Waals surface area (Å²) in [6.07, 6.45) is -1.54. The Bertz CT molecular complexity index is 5390. The summed E-state index contributed by atoms with van der Waals surface area (Å²) in [5.41, 5.74) is 1.49. The van der Waals surface area contributed by atoms with Crippen LogP contribution in [0.25, 0.3) is 0 Å². The number of likely N-dealkylation sites (N-methyl/N-ethyl adjacent to an activating group) is 3. The molecule has 136 heavy (non-hydrogen) atoms. The number of carboxylic acid groups (broad SMARTS) is 1. The molecule has 4 amide bonds. The number of ether oxygens (including phenoxy) is 12. The van der Waals surface area contributed by atoms with E-state index in [9.17, 15) is 103 Å². The number of nitrogens with one attached hydrogen (secondary N) is 2. The Hall–Kier alpha value is -11.7. The Morgan fingerprint density at radius 3 is 1.13 bits per heavy atom. The summed E-state index contributed by atoms with van der Waals surface area (Å²) in [6.45, 7) is 25.7. The molecule has 18 atom stereocenters. The Labute approximate surface area is 785 Å². The minimum absolute atomic E-state index is 0. The lowest BCUT2D eigenvalue weighted by Gasteiger charge is -2.61. The van der Waals surface area contributed by atoms with E-state index in [0.29, 0.717) is 62.4 Å². The maximum absolute atomic E-state index is 13.5. The number of hydrogen-bond acceptors (Lipinski definition) is 37. The lowest BCUT2D eigenvalue weighted by atomic mass is 9.50. The first-order valence-corrected chi connectivity index (χ1v) is 44.9. The summed E-state index contributed by atoms with van der Waals surface area (Å²) >= 11 is 0. The number of phenols is 3. The minimum atomic E-state index is -1.59. The van der Waals surface area contributed by atoms with Crippen LogP contribution in [0.2, 0.25) is 0 Å². The molecule has 41 heteroatoms. The molecule has 41 nitrogen and oxygen atoms in total. The quantitative estimate of drug-likeness (QED) is 0.0395. The van der Waals surface area contributed by atoms with Gasteiger partial charge in [-0.25, -0.2) is 24.0 Å². The molecule has 6 bridgehead atoms. The molecule has 13 aliphatic rings. The molecule has 0 saturated carbocycles. The van der Waals surface area contributed by atoms with E-state index in [0.717, 1.165) is 39.9 Å². The molecule has 0 aromatic heterocycles. The van der Waals surface area contributed by atoms with Gasteiger partial charge >= 0.3 is 54.1 Å². The molecule has 744 valence electrons. The number of carbonyl (C=O) groups excluding carboxylic acids is 12. The maximum atomic E-state index is 13.5. The van der Waals surface area contributed by atoms with Gasteiger partial charge in [0, 0.05) is 66.9 Å². The standard InChI is InChI=1S/C33H44N2O11.C25H32N2O7.C24H28N2O9.C12H17NO7.CH4/c1-17(42-29(40)46-31(5,6)7)27(38)34-19(28(39)45-30(2,3)4)16-23(37)43-21-11-12-33(41)22-15-18-9-10-20(36)25-24(18)32(33,26(21)44-25)13-14-35(22)8;1-23(2,3)34-22(30)14(26)12-18(29)32-16-7-8-25(31)17-11-13-5-6-15(28)20-19(13)24(25,21(16)33-20)9-10-27(17)4;1-11(27)21(30)25-13(22(31)32)10-17(29)34-15-5-6-24(33)16-9-12-3-4-14(28)19-18(12)23(24,20(15)35-19)7-8-26(16)2;1-7(18-11(17)19-12(2,3)4)10(16)20-13-8(14)5-6-9(13)15;/h9-11,17,19,22,26,36,41H,12-16H2,1-8H3,(H,34,38);5-7,14,17,21,28,31H,8-12,26H2,1-4H3;3-5,11,13,16,20,27-28,33H,6-10H2,1-2H3,(H,25,30)(H,31,32);7H,5-6H2,1-4H3;1H4/t17-,19-,22+,26-,32-,33+;14-,17+,21-,24-,25+;11-,13-,16+,20-,23-,24+;7-;/m0000./s1. The minimum Gasteiger partial charge on any atom is -0.504 e. The van der Waals surface area contributed by atoms with E-state index in [-0.39, 0.29) is 110 Å². The van der Waals surface area contributed by atoms with Crippen molar-refractivity contribution in [1.82, 2.24) is 30.4 Å². The van der Waals surface area contributed by atoms with Gasteiger partial charge in [0.2, 0.25) is 12.0 Å². The summed E-state index contributed by atoms with van der Waals surface area (Å²) in [5, 5.41) is 92.0. The van der Waals surface area contributed by atoms with Crippen molar-refractivity contribution in [2.45, 2.75) is 330 Å². The molecule has 4 saturated heterocycles. The van der Waals surface area contributed by atoms with Gasteiger partial charge in [0.25, 0.3) is 17.7 Å². The lowest BCUT2D eigenvalue weighted by molar-refractivity contribution is -0.203. The van der Waals surface area contributed by atoms with Gasteiger partial charge in [0.05, 0.1) is 52.3 Å². The van der Waals surface area contributed by atoms with Crippen LogP contribution >= 0.6 is 0 Å². The number of aliphatic carboxylic acids is 1. The fraction of sp³-hybridized carbons (Fsp3) is 0.611. The predicted octanol–water partition coefficient (Wildman–Crippen LogP) is 5.17. The van der Waals surface area contributed by atoms with Gasteiger partial charge < -0.3 is 134 Å². The van der Waals surface area contributed by atoms with E-state index in [2.05, 4.69) is 34.9 Å². The van der Waals surface area contributed by atoms with Crippen molar-refractivity contribution in [3.8, 4) is 34.5 Å². The summed E-state index contributed by atoms with van der Waals surface area (Å²) < 4.78 is 66.2. The number of aliphatic hydroxyl groups is 4. The van der Waals surface area contributed by atoms with Crippen LogP contribution in [0.1, 0.15) is 215 Å². The van der Waals surface area contributed by atoms with Crippen LogP contribution < -0.4 is 30.6 Å². The highest BCUT2D eigenvalue weighted by molar-refractivity contribution is 6.02. The fourth-order valence-corrected chi connectivity index (χ4v) is 20.9. The van der Waals surface area contributed by atoms with Gasteiger partial charge in [0.1, 0.15) is 63.9 Å².